The summed E-state index contributed by atoms with van der Waals surface area (Å²) in [6, 6.07) is 2.20. The number of piperidine rings is 1. The van der Waals surface area contributed by atoms with Crippen molar-refractivity contribution >= 4 is 48.4 Å². The molecule has 1 saturated heterocycles. The molecule has 2 fully saturated rings. The van der Waals surface area contributed by atoms with E-state index in [1.807, 2.05) is 20.1 Å². The van der Waals surface area contributed by atoms with E-state index in [0.29, 0.717) is 22.3 Å². The van der Waals surface area contributed by atoms with E-state index >= 15 is 0 Å². The number of nitrogens with two attached hydrogens (primary N) is 2. The lowest BCUT2D eigenvalue weighted by Gasteiger charge is -2.42. The number of anilines is 2. The van der Waals surface area contributed by atoms with Gasteiger partial charge in [0.15, 0.2) is 7.85 Å². The van der Waals surface area contributed by atoms with Gasteiger partial charge in [-0.1, -0.05) is 29.8 Å². The second-order valence-corrected chi connectivity index (χ2v) is 9.02. The molecule has 3 heterocycles. The van der Waals surface area contributed by atoms with Crippen LogP contribution in [0.2, 0.25) is 5.02 Å². The minimum absolute atomic E-state index is 0.329. The molecule has 1 saturated carbocycles. The van der Waals surface area contributed by atoms with Gasteiger partial charge in [0.2, 0.25) is 0 Å². The maximum atomic E-state index is 6.40. The molecule has 27 heavy (non-hydrogen) atoms. The van der Waals surface area contributed by atoms with E-state index in [2.05, 4.69) is 9.88 Å². The number of pyridine rings is 1. The summed E-state index contributed by atoms with van der Waals surface area (Å²) in [7, 11) is 2.01. The molecule has 2 aliphatic rings. The number of nitrogens with zero attached hydrogens (tertiary/aromatic N) is 4. The largest absolute Gasteiger partial charge is 0.382 e. The van der Waals surface area contributed by atoms with Gasteiger partial charge in [0.25, 0.3) is 0 Å². The summed E-state index contributed by atoms with van der Waals surface area (Å²) in [6.07, 6.45) is 9.48. The number of rotatable bonds is 3. The zero-order chi connectivity index (χ0) is 19.0. The zero-order valence-electron chi connectivity index (χ0n) is 15.5. The Morgan fingerprint density at radius 3 is 2.70 bits per heavy atom. The van der Waals surface area contributed by atoms with Crippen LogP contribution < -0.4 is 22.0 Å². The summed E-state index contributed by atoms with van der Waals surface area (Å²) in [5, 5.41) is 1.26. The van der Waals surface area contributed by atoms with Crippen molar-refractivity contribution in [2.75, 3.05) is 23.7 Å². The number of aromatic nitrogens is 3. The van der Waals surface area contributed by atoms with Gasteiger partial charge >= 0.3 is 0 Å². The number of hydrogen-bond donors (Lipinski definition) is 2. The Hall–Kier alpha value is -1.51. The maximum absolute atomic E-state index is 6.40. The highest BCUT2D eigenvalue weighted by atomic mass is 35.5. The van der Waals surface area contributed by atoms with Crippen molar-refractivity contribution in [1.82, 2.24) is 15.0 Å². The van der Waals surface area contributed by atoms with Gasteiger partial charge in [0.1, 0.15) is 16.7 Å². The third kappa shape index (κ3) is 3.62. The van der Waals surface area contributed by atoms with Crippen LogP contribution in [0.5, 0.6) is 0 Å². The van der Waals surface area contributed by atoms with Crippen molar-refractivity contribution in [1.29, 1.82) is 0 Å². The van der Waals surface area contributed by atoms with Crippen LogP contribution in [0.25, 0.3) is 0 Å². The van der Waals surface area contributed by atoms with Crippen LogP contribution in [0, 0.1) is 5.41 Å². The zero-order valence-corrected chi connectivity index (χ0v) is 17.1. The Bertz CT molecular complexity index is 843. The highest BCUT2D eigenvalue weighted by molar-refractivity contribution is 7.99. The van der Waals surface area contributed by atoms with Crippen molar-refractivity contribution in [3.8, 4) is 0 Å². The first-order chi connectivity index (χ1) is 13.0. The van der Waals surface area contributed by atoms with Gasteiger partial charge in [-0.15, -0.1) is 0 Å². The van der Waals surface area contributed by atoms with Crippen LogP contribution in [0.15, 0.2) is 28.4 Å². The molecule has 0 unspecified atom stereocenters. The van der Waals surface area contributed by atoms with E-state index < -0.39 is 0 Å². The Balaban J connectivity index is 1.47. The van der Waals surface area contributed by atoms with Gasteiger partial charge in [0.05, 0.1) is 11.2 Å². The Labute approximate surface area is 169 Å². The summed E-state index contributed by atoms with van der Waals surface area (Å²) in [4.78, 5) is 16.6. The van der Waals surface area contributed by atoms with Gasteiger partial charge in [-0.25, -0.2) is 9.97 Å². The predicted molar refractivity (Wildman–Crippen MR) is 114 cm³/mol. The second kappa shape index (κ2) is 7.49. The average Bonchev–Trinajstić information content (AvgIpc) is 3.00. The van der Waals surface area contributed by atoms with Gasteiger partial charge in [-0.05, 0) is 37.2 Å². The molecule has 0 aromatic carbocycles. The van der Waals surface area contributed by atoms with Crippen LogP contribution in [0.3, 0.4) is 0 Å². The number of halogens is 1. The maximum Gasteiger partial charge on any atom is 0.169 e. The predicted octanol–water partition coefficient (Wildman–Crippen LogP) is 1.61. The lowest BCUT2D eigenvalue weighted by Crippen LogP contribution is -2.48. The Morgan fingerprint density at radius 1 is 1.26 bits per heavy atom. The molecular formula is C18H24BClN6S. The SMILES string of the molecule is Bc1nc(Sc2ccnc(N)c2Cl)cnc1N1CCC2(CCC[C@H]2N)CC1. The minimum Gasteiger partial charge on any atom is -0.382 e. The first-order valence-corrected chi connectivity index (χ1v) is 10.6. The van der Waals surface area contributed by atoms with Crippen LogP contribution in [0.1, 0.15) is 32.1 Å². The van der Waals surface area contributed by atoms with E-state index in [1.165, 1.54) is 31.0 Å². The molecule has 6 nitrogen and oxygen atoms in total. The molecule has 1 aliphatic heterocycles. The Morgan fingerprint density at radius 2 is 2.04 bits per heavy atom. The monoisotopic (exact) mass is 402 g/mol. The number of hydrogen-bond acceptors (Lipinski definition) is 7. The second-order valence-electron chi connectivity index (χ2n) is 7.58. The molecular weight excluding hydrogens is 379 g/mol. The standard InChI is InChI=1S/C18H24BClN6S/c19-15-17(26-8-5-18(6-9-26)4-1-2-12(18)21)24-10-13(25-15)27-11-3-7-23-16(22)14(11)20/h3,7,10,12H,1-2,4-6,8-9,19,21H2,(H2,22,23)/t12-/m1/s1. The highest BCUT2D eigenvalue weighted by Crippen LogP contribution is 2.45. The van der Waals surface area contributed by atoms with E-state index in [0.717, 1.165) is 47.3 Å². The van der Waals surface area contributed by atoms with Gasteiger partial charge in [0, 0.05) is 35.8 Å². The smallest absolute Gasteiger partial charge is 0.169 e. The average molecular weight is 403 g/mol. The minimum atomic E-state index is 0.329. The molecule has 4 N–H and O–H groups in total. The van der Waals surface area contributed by atoms with Crippen molar-refractivity contribution in [2.45, 2.75) is 48.1 Å². The molecule has 1 aliphatic carbocycles. The lowest BCUT2D eigenvalue weighted by molar-refractivity contribution is 0.197. The molecule has 1 spiro atoms. The third-order valence-electron chi connectivity index (χ3n) is 6.03. The lowest BCUT2D eigenvalue weighted by atomic mass is 9.74. The normalized spacial score (nSPS) is 21.7. The van der Waals surface area contributed by atoms with E-state index in [1.54, 1.807) is 6.20 Å². The van der Waals surface area contributed by atoms with Gasteiger partial charge < -0.3 is 16.4 Å². The third-order valence-corrected chi connectivity index (χ3v) is 7.50. The molecule has 9 heteroatoms. The molecule has 0 amide bonds. The fourth-order valence-electron chi connectivity index (χ4n) is 4.40. The summed E-state index contributed by atoms with van der Waals surface area (Å²) < 4.78 is 0. The van der Waals surface area contributed by atoms with Crippen molar-refractivity contribution in [3.63, 3.8) is 0 Å². The highest BCUT2D eigenvalue weighted by Gasteiger charge is 2.43. The molecule has 2 aromatic rings. The first-order valence-electron chi connectivity index (χ1n) is 9.40. The van der Waals surface area contributed by atoms with E-state index in [-0.39, 0.29) is 0 Å². The summed E-state index contributed by atoms with van der Waals surface area (Å²) in [5.74, 6) is 1.30. The van der Waals surface area contributed by atoms with Crippen molar-refractivity contribution in [2.24, 2.45) is 11.1 Å². The van der Waals surface area contributed by atoms with Crippen LogP contribution in [0.4, 0.5) is 11.6 Å². The number of nitrogen functional groups attached to an aromatic ring is 1. The van der Waals surface area contributed by atoms with Gasteiger partial charge in [-0.3, -0.25) is 4.98 Å². The molecule has 0 radical (unpaired) electrons. The van der Waals surface area contributed by atoms with Gasteiger partial charge in [-0.2, -0.15) is 0 Å². The molecule has 1 atom stereocenters. The van der Waals surface area contributed by atoms with E-state index in [4.69, 9.17) is 33.0 Å². The first kappa shape index (κ1) is 18.8. The van der Waals surface area contributed by atoms with Crippen molar-refractivity contribution in [3.05, 3.63) is 23.5 Å². The summed E-state index contributed by atoms with van der Waals surface area (Å²) >= 11 is 7.68. The molecule has 0 bridgehead atoms. The Kier molecular flexibility index (Phi) is 5.22. The molecule has 142 valence electrons. The van der Waals surface area contributed by atoms with Crippen LogP contribution in [-0.4, -0.2) is 41.9 Å². The fraction of sp³-hybridized carbons (Fsp3) is 0.500. The summed E-state index contributed by atoms with van der Waals surface area (Å²) in [5.41, 5.74) is 13.5. The van der Waals surface area contributed by atoms with E-state index in [9.17, 15) is 0 Å². The summed E-state index contributed by atoms with van der Waals surface area (Å²) in [6.45, 7) is 2.00. The quantitative estimate of drug-likeness (QED) is 0.753. The van der Waals surface area contributed by atoms with Crippen molar-refractivity contribution < 1.29 is 0 Å². The van der Waals surface area contributed by atoms with Crippen LogP contribution >= 0.6 is 23.4 Å². The fourth-order valence-corrected chi connectivity index (χ4v) is 5.46. The topological polar surface area (TPSA) is 93.9 Å². The van der Waals surface area contributed by atoms with Crippen LogP contribution in [-0.2, 0) is 0 Å². The molecule has 2 aromatic heterocycles. The molecule has 4 rings (SSSR count).